The van der Waals surface area contributed by atoms with Crippen LogP contribution in [-0.2, 0) is 5.75 Å². The Hall–Kier alpha value is -2.48. The highest BCUT2D eigenvalue weighted by atomic mass is 32.2. The van der Waals surface area contributed by atoms with Gasteiger partial charge in [0, 0.05) is 22.2 Å². The Morgan fingerprint density at radius 1 is 1.11 bits per heavy atom. The molecular weight excluding hydrogens is 406 g/mol. The number of carbonyl (C=O) groups is 1. The van der Waals surface area contributed by atoms with Crippen LogP contribution in [0.4, 0.5) is 5.13 Å². The van der Waals surface area contributed by atoms with Crippen LogP contribution in [0.25, 0.3) is 10.4 Å². The molecule has 0 spiro atoms. The van der Waals surface area contributed by atoms with Gasteiger partial charge < -0.3 is 0 Å². The maximum absolute atomic E-state index is 12.8. The highest BCUT2D eigenvalue weighted by Crippen LogP contribution is 2.30. The lowest BCUT2D eigenvalue weighted by atomic mass is 10.2. The van der Waals surface area contributed by atoms with Crippen LogP contribution in [0, 0.1) is 6.92 Å². The van der Waals surface area contributed by atoms with Gasteiger partial charge in [0.05, 0.1) is 21.1 Å². The zero-order valence-electron chi connectivity index (χ0n) is 15.1. The second-order valence-electron chi connectivity index (χ2n) is 5.99. The molecule has 0 aliphatic heterocycles. The minimum Gasteiger partial charge on any atom is -0.298 e. The molecule has 2 aromatic heterocycles. The summed E-state index contributed by atoms with van der Waals surface area (Å²) in [6.45, 7) is 2.00. The molecule has 0 saturated heterocycles. The van der Waals surface area contributed by atoms with Crippen LogP contribution < -0.4 is 5.32 Å². The van der Waals surface area contributed by atoms with Gasteiger partial charge in [-0.25, -0.2) is 9.97 Å². The number of nitrogens with zero attached hydrogens (tertiary/aromatic N) is 2. The number of nitrogens with one attached hydrogen (secondary N) is 1. The first-order valence-electron chi connectivity index (χ1n) is 8.64. The molecule has 0 unspecified atom stereocenters. The summed E-state index contributed by atoms with van der Waals surface area (Å²) < 4.78 is 0. The molecule has 1 N–H and O–H groups in total. The van der Waals surface area contributed by atoms with Crippen molar-refractivity contribution in [1.82, 2.24) is 9.97 Å². The van der Waals surface area contributed by atoms with Gasteiger partial charge in [0.15, 0.2) is 5.13 Å². The van der Waals surface area contributed by atoms with Crippen LogP contribution in [0.3, 0.4) is 0 Å². The van der Waals surface area contributed by atoms with Gasteiger partial charge in [0.2, 0.25) is 0 Å². The molecule has 0 saturated carbocycles. The molecule has 0 aliphatic carbocycles. The summed E-state index contributed by atoms with van der Waals surface area (Å²) in [7, 11) is 0. The third kappa shape index (κ3) is 4.49. The first kappa shape index (κ1) is 18.9. The molecule has 4 aromatic rings. The van der Waals surface area contributed by atoms with E-state index in [0.717, 1.165) is 31.8 Å². The Kier molecular flexibility index (Phi) is 5.85. The van der Waals surface area contributed by atoms with E-state index < -0.39 is 0 Å². The van der Waals surface area contributed by atoms with Gasteiger partial charge in [-0.2, -0.15) is 0 Å². The van der Waals surface area contributed by atoms with Gasteiger partial charge in [-0.3, -0.25) is 10.1 Å². The number of carbonyl (C=O) groups excluding carboxylic acids is 1. The van der Waals surface area contributed by atoms with Gasteiger partial charge in [-0.15, -0.1) is 23.1 Å². The molecule has 1 amide bonds. The first-order chi connectivity index (χ1) is 13.7. The monoisotopic (exact) mass is 423 g/mol. The summed E-state index contributed by atoms with van der Waals surface area (Å²) in [4.78, 5) is 23.6. The van der Waals surface area contributed by atoms with Gasteiger partial charge in [-0.1, -0.05) is 53.8 Å². The van der Waals surface area contributed by atoms with Crippen molar-refractivity contribution in [3.05, 3.63) is 82.4 Å². The van der Waals surface area contributed by atoms with Crippen molar-refractivity contribution < 1.29 is 4.79 Å². The molecule has 2 heterocycles. The summed E-state index contributed by atoms with van der Waals surface area (Å²) in [5.41, 5.74) is 2.78. The Bertz CT molecular complexity index is 1090. The minimum absolute atomic E-state index is 0.147. The Balaban J connectivity index is 1.47. The quantitative estimate of drug-likeness (QED) is 0.380. The topological polar surface area (TPSA) is 54.9 Å². The van der Waals surface area contributed by atoms with E-state index in [1.807, 2.05) is 61.5 Å². The Morgan fingerprint density at radius 3 is 2.68 bits per heavy atom. The first-order valence-corrected chi connectivity index (χ1v) is 11.3. The molecule has 4 nitrogen and oxygen atoms in total. The second-order valence-corrected chi connectivity index (χ2v) is 9.10. The number of hydrogen-bond donors (Lipinski definition) is 1. The lowest BCUT2D eigenvalue weighted by molar-refractivity contribution is 0.102. The highest BCUT2D eigenvalue weighted by molar-refractivity contribution is 7.98. The van der Waals surface area contributed by atoms with E-state index in [9.17, 15) is 4.79 Å². The van der Waals surface area contributed by atoms with Gasteiger partial charge in [-0.05, 0) is 24.6 Å². The lowest BCUT2D eigenvalue weighted by Crippen LogP contribution is -2.12. The number of thiazole rings is 2. The molecule has 0 radical (unpaired) electrons. The lowest BCUT2D eigenvalue weighted by Gasteiger charge is -2.08. The van der Waals surface area contributed by atoms with Crippen molar-refractivity contribution in [2.24, 2.45) is 0 Å². The maximum atomic E-state index is 12.8. The number of hydrogen-bond acceptors (Lipinski definition) is 6. The van der Waals surface area contributed by atoms with Crippen LogP contribution in [0.2, 0.25) is 0 Å². The number of amides is 1. The Labute approximate surface area is 175 Å². The summed E-state index contributed by atoms with van der Waals surface area (Å²) >= 11 is 4.73. The molecule has 4 rings (SSSR count). The van der Waals surface area contributed by atoms with Gasteiger partial charge >= 0.3 is 0 Å². The molecule has 0 aliphatic rings. The fourth-order valence-corrected chi connectivity index (χ4v) is 5.12. The number of thioether (sulfide) groups is 1. The summed E-state index contributed by atoms with van der Waals surface area (Å²) in [5, 5.41) is 6.65. The smallest absolute Gasteiger partial charge is 0.258 e. The maximum Gasteiger partial charge on any atom is 0.258 e. The standard InChI is InChI=1S/C21H17N3OS3/c1-14-23-16(12-26-14)13-27-18-10-6-5-9-17(18)20(25)24-21-22-11-19(28-21)15-7-3-2-4-8-15/h2-12H,13H2,1H3,(H,22,24,25). The Morgan fingerprint density at radius 2 is 1.89 bits per heavy atom. The molecule has 0 fully saturated rings. The molecule has 2 aromatic carbocycles. The van der Waals surface area contributed by atoms with Gasteiger partial charge in [0.25, 0.3) is 5.91 Å². The fraction of sp³-hybridized carbons (Fsp3) is 0.0952. The molecule has 0 bridgehead atoms. The summed E-state index contributed by atoms with van der Waals surface area (Å²) in [5.74, 6) is 0.593. The number of rotatable bonds is 6. The van der Waals surface area contributed by atoms with Crippen molar-refractivity contribution >= 4 is 45.5 Å². The van der Waals surface area contributed by atoms with Gasteiger partial charge in [0.1, 0.15) is 0 Å². The zero-order chi connectivity index (χ0) is 19.3. The molecule has 0 atom stereocenters. The van der Waals surface area contributed by atoms with E-state index in [4.69, 9.17) is 0 Å². The summed E-state index contributed by atoms with van der Waals surface area (Å²) in [6, 6.07) is 17.7. The minimum atomic E-state index is -0.147. The van der Waals surface area contributed by atoms with Crippen molar-refractivity contribution in [2.75, 3.05) is 5.32 Å². The van der Waals surface area contributed by atoms with Crippen LogP contribution in [0.15, 0.2) is 71.1 Å². The summed E-state index contributed by atoms with van der Waals surface area (Å²) in [6.07, 6.45) is 1.79. The van der Waals surface area contributed by atoms with E-state index in [1.54, 1.807) is 29.3 Å². The number of aryl methyl sites for hydroxylation is 1. The number of anilines is 1. The molecule has 7 heteroatoms. The molecular formula is C21H17N3OS3. The normalized spacial score (nSPS) is 10.8. The van der Waals surface area contributed by atoms with Crippen LogP contribution >= 0.6 is 34.4 Å². The fourth-order valence-electron chi connectivity index (χ4n) is 2.64. The number of aromatic nitrogens is 2. The predicted molar refractivity (Wildman–Crippen MR) is 118 cm³/mol. The van der Waals surface area contributed by atoms with E-state index in [0.29, 0.717) is 10.7 Å². The predicted octanol–water partition coefficient (Wildman–Crippen LogP) is 6.12. The van der Waals surface area contributed by atoms with E-state index in [2.05, 4.69) is 20.7 Å². The molecule has 140 valence electrons. The highest BCUT2D eigenvalue weighted by Gasteiger charge is 2.14. The third-order valence-electron chi connectivity index (χ3n) is 3.96. The molecule has 28 heavy (non-hydrogen) atoms. The van der Waals surface area contributed by atoms with Crippen LogP contribution in [-0.4, -0.2) is 15.9 Å². The van der Waals surface area contributed by atoms with E-state index in [1.165, 1.54) is 11.3 Å². The second kappa shape index (κ2) is 8.68. The average molecular weight is 424 g/mol. The van der Waals surface area contributed by atoms with Crippen molar-refractivity contribution in [3.63, 3.8) is 0 Å². The van der Waals surface area contributed by atoms with Crippen LogP contribution in [0.1, 0.15) is 21.1 Å². The van der Waals surface area contributed by atoms with E-state index >= 15 is 0 Å². The van der Waals surface area contributed by atoms with Crippen molar-refractivity contribution in [2.45, 2.75) is 17.6 Å². The average Bonchev–Trinajstić information content (AvgIpc) is 3.36. The largest absolute Gasteiger partial charge is 0.298 e. The van der Waals surface area contributed by atoms with Crippen molar-refractivity contribution in [1.29, 1.82) is 0 Å². The number of benzene rings is 2. The van der Waals surface area contributed by atoms with Crippen molar-refractivity contribution in [3.8, 4) is 10.4 Å². The van der Waals surface area contributed by atoms with Crippen LogP contribution in [0.5, 0.6) is 0 Å². The third-order valence-corrected chi connectivity index (χ3v) is 6.85. The van der Waals surface area contributed by atoms with E-state index in [-0.39, 0.29) is 5.91 Å². The SMILES string of the molecule is Cc1nc(CSc2ccccc2C(=O)Nc2ncc(-c3ccccc3)s2)cs1. The zero-order valence-corrected chi connectivity index (χ0v) is 17.5.